The summed E-state index contributed by atoms with van der Waals surface area (Å²) in [6, 6.07) is 4.01. The topological polar surface area (TPSA) is 62.2 Å². The fraction of sp³-hybridized carbons (Fsp3) is 0. The zero-order valence-corrected chi connectivity index (χ0v) is 10.4. The lowest BCUT2D eigenvalue weighted by Crippen LogP contribution is -2.04. The number of rotatable bonds is 3. The number of pyridine rings is 1. The Bertz CT molecular complexity index is 671. The van der Waals surface area contributed by atoms with E-state index in [4.69, 9.17) is 16.7 Å². The first-order chi connectivity index (χ1) is 9.38. The van der Waals surface area contributed by atoms with E-state index in [0.29, 0.717) is 0 Å². The molecule has 1 heterocycles. The summed E-state index contributed by atoms with van der Waals surface area (Å²) in [4.78, 5) is 14.5. The highest BCUT2D eigenvalue weighted by Gasteiger charge is 2.13. The second-order valence-corrected chi connectivity index (χ2v) is 4.12. The number of carbonyl (C=O) groups is 1. The van der Waals surface area contributed by atoms with E-state index >= 15 is 0 Å². The molecule has 0 amide bonds. The van der Waals surface area contributed by atoms with E-state index in [1.807, 2.05) is 0 Å². The van der Waals surface area contributed by atoms with Crippen LogP contribution in [0.3, 0.4) is 0 Å². The molecule has 0 fully saturated rings. The monoisotopic (exact) mass is 302 g/mol. The van der Waals surface area contributed by atoms with Crippen LogP contribution < -0.4 is 5.32 Å². The summed E-state index contributed by atoms with van der Waals surface area (Å²) in [7, 11) is 0. The van der Waals surface area contributed by atoms with Crippen molar-refractivity contribution in [2.75, 3.05) is 5.32 Å². The maximum atomic E-state index is 13.0. The summed E-state index contributed by atoms with van der Waals surface area (Å²) in [5, 5.41) is 11.2. The molecular formula is C12H6ClF3N2O2. The molecule has 2 rings (SSSR count). The van der Waals surface area contributed by atoms with Gasteiger partial charge in [-0.1, -0.05) is 11.6 Å². The van der Waals surface area contributed by atoms with Crippen LogP contribution in [0.15, 0.2) is 24.3 Å². The summed E-state index contributed by atoms with van der Waals surface area (Å²) in [5.74, 6) is -5.70. The lowest BCUT2D eigenvalue weighted by Gasteiger charge is -2.08. The number of aromatic carboxylic acids is 1. The highest BCUT2D eigenvalue weighted by molar-refractivity contribution is 6.33. The van der Waals surface area contributed by atoms with Crippen molar-refractivity contribution in [3.63, 3.8) is 0 Å². The molecule has 0 spiro atoms. The van der Waals surface area contributed by atoms with Crippen LogP contribution in [0.4, 0.5) is 24.7 Å². The number of aromatic nitrogens is 1. The summed E-state index contributed by atoms with van der Waals surface area (Å²) >= 11 is 5.62. The van der Waals surface area contributed by atoms with E-state index in [-0.39, 0.29) is 16.5 Å². The highest BCUT2D eigenvalue weighted by Crippen LogP contribution is 2.22. The number of nitrogens with one attached hydrogen (secondary N) is 1. The number of nitrogens with zero attached hydrogens (tertiary/aromatic N) is 1. The van der Waals surface area contributed by atoms with Gasteiger partial charge in [0.25, 0.3) is 0 Å². The van der Waals surface area contributed by atoms with Crippen molar-refractivity contribution < 1.29 is 23.1 Å². The Labute approximate surface area is 115 Å². The summed E-state index contributed by atoms with van der Waals surface area (Å²) < 4.78 is 38.8. The van der Waals surface area contributed by atoms with Gasteiger partial charge in [-0.15, -0.1) is 0 Å². The van der Waals surface area contributed by atoms with E-state index in [1.54, 1.807) is 0 Å². The number of hydrogen-bond acceptors (Lipinski definition) is 3. The lowest BCUT2D eigenvalue weighted by atomic mass is 10.2. The van der Waals surface area contributed by atoms with Crippen LogP contribution in [-0.2, 0) is 0 Å². The first kappa shape index (κ1) is 14.1. The van der Waals surface area contributed by atoms with Crippen LogP contribution in [-0.4, -0.2) is 16.1 Å². The van der Waals surface area contributed by atoms with Crippen molar-refractivity contribution in [2.45, 2.75) is 0 Å². The Morgan fingerprint density at radius 2 is 1.80 bits per heavy atom. The smallest absolute Gasteiger partial charge is 0.356 e. The Morgan fingerprint density at radius 1 is 1.20 bits per heavy atom. The SMILES string of the molecule is O=C(O)c1nc(Nc2cc(F)c(F)c(F)c2)ccc1Cl. The molecule has 0 saturated carbocycles. The number of benzene rings is 1. The van der Waals surface area contributed by atoms with Crippen LogP contribution in [0.5, 0.6) is 0 Å². The second-order valence-electron chi connectivity index (χ2n) is 3.71. The first-order valence-electron chi connectivity index (χ1n) is 5.20. The molecule has 0 unspecified atom stereocenters. The van der Waals surface area contributed by atoms with Crippen molar-refractivity contribution in [1.82, 2.24) is 4.98 Å². The summed E-state index contributed by atoms with van der Waals surface area (Å²) in [6.45, 7) is 0. The summed E-state index contributed by atoms with van der Waals surface area (Å²) in [5.41, 5.74) is -0.535. The second kappa shape index (κ2) is 5.38. The molecule has 1 aromatic heterocycles. The van der Waals surface area contributed by atoms with E-state index in [0.717, 1.165) is 12.1 Å². The predicted octanol–water partition coefficient (Wildman–Crippen LogP) is 3.59. The number of halogens is 4. The number of hydrogen-bond donors (Lipinski definition) is 2. The molecule has 4 nitrogen and oxygen atoms in total. The van der Waals surface area contributed by atoms with Gasteiger partial charge in [-0.25, -0.2) is 22.9 Å². The van der Waals surface area contributed by atoms with Crippen LogP contribution in [0.1, 0.15) is 10.5 Å². The average molecular weight is 303 g/mol. The van der Waals surface area contributed by atoms with E-state index in [2.05, 4.69) is 10.3 Å². The maximum absolute atomic E-state index is 13.0. The molecule has 0 radical (unpaired) electrons. The first-order valence-corrected chi connectivity index (χ1v) is 5.57. The van der Waals surface area contributed by atoms with Gasteiger partial charge in [0.2, 0.25) is 0 Å². The van der Waals surface area contributed by atoms with E-state index < -0.39 is 29.1 Å². The third kappa shape index (κ3) is 2.83. The minimum absolute atomic E-state index is 0.00259. The molecule has 104 valence electrons. The van der Waals surface area contributed by atoms with E-state index in [9.17, 15) is 18.0 Å². The van der Waals surface area contributed by atoms with Crippen LogP contribution in [0, 0.1) is 17.5 Å². The maximum Gasteiger partial charge on any atom is 0.356 e. The van der Waals surface area contributed by atoms with Gasteiger partial charge in [0.05, 0.1) is 5.02 Å². The van der Waals surface area contributed by atoms with Crippen molar-refractivity contribution >= 4 is 29.1 Å². The normalized spacial score (nSPS) is 10.4. The number of anilines is 2. The fourth-order valence-electron chi connectivity index (χ4n) is 1.44. The Hall–Kier alpha value is -2.28. The van der Waals surface area contributed by atoms with Crippen LogP contribution in [0.25, 0.3) is 0 Å². The molecule has 20 heavy (non-hydrogen) atoms. The molecule has 0 aliphatic heterocycles. The molecule has 2 N–H and O–H groups in total. The molecule has 0 aliphatic carbocycles. The van der Waals surface area contributed by atoms with Crippen molar-refractivity contribution in [2.24, 2.45) is 0 Å². The molecule has 0 bridgehead atoms. The Kier molecular flexibility index (Phi) is 3.80. The largest absolute Gasteiger partial charge is 0.476 e. The van der Waals surface area contributed by atoms with Gasteiger partial charge in [-0.2, -0.15) is 0 Å². The Morgan fingerprint density at radius 3 is 2.35 bits per heavy atom. The standard InChI is InChI=1S/C12H6ClF3N2O2/c13-6-1-2-9(18-11(6)12(19)20)17-5-3-7(14)10(16)8(15)4-5/h1-4H,(H,17,18)(H,19,20). The zero-order chi connectivity index (χ0) is 14.9. The number of carboxylic acid groups (broad SMARTS) is 1. The van der Waals surface area contributed by atoms with Gasteiger partial charge in [-0.05, 0) is 12.1 Å². The van der Waals surface area contributed by atoms with Crippen LogP contribution >= 0.6 is 11.6 Å². The van der Waals surface area contributed by atoms with Gasteiger partial charge in [0.1, 0.15) is 5.82 Å². The summed E-state index contributed by atoms with van der Waals surface area (Å²) in [6.07, 6.45) is 0. The molecule has 0 atom stereocenters. The molecule has 1 aromatic carbocycles. The predicted molar refractivity (Wildman–Crippen MR) is 65.8 cm³/mol. The molecule has 0 saturated heterocycles. The molecule has 8 heteroatoms. The van der Waals surface area contributed by atoms with Gasteiger partial charge in [0, 0.05) is 17.8 Å². The average Bonchev–Trinajstić information content (AvgIpc) is 2.38. The number of carboxylic acids is 1. The van der Waals surface area contributed by atoms with Gasteiger partial charge < -0.3 is 10.4 Å². The molecular weight excluding hydrogens is 297 g/mol. The van der Waals surface area contributed by atoms with Crippen molar-refractivity contribution in [1.29, 1.82) is 0 Å². The van der Waals surface area contributed by atoms with Crippen LogP contribution in [0.2, 0.25) is 5.02 Å². The van der Waals surface area contributed by atoms with Crippen molar-refractivity contribution in [3.8, 4) is 0 Å². The lowest BCUT2D eigenvalue weighted by molar-refractivity contribution is 0.0691. The molecule has 0 aliphatic rings. The minimum Gasteiger partial charge on any atom is -0.476 e. The third-order valence-corrected chi connectivity index (χ3v) is 2.61. The fourth-order valence-corrected chi connectivity index (χ4v) is 1.62. The minimum atomic E-state index is -1.59. The Balaban J connectivity index is 2.35. The quantitative estimate of drug-likeness (QED) is 0.851. The highest BCUT2D eigenvalue weighted by atomic mass is 35.5. The zero-order valence-electron chi connectivity index (χ0n) is 9.62. The van der Waals surface area contributed by atoms with E-state index in [1.165, 1.54) is 12.1 Å². The van der Waals surface area contributed by atoms with Crippen molar-refractivity contribution in [3.05, 3.63) is 52.4 Å². The third-order valence-electron chi connectivity index (χ3n) is 2.30. The van der Waals surface area contributed by atoms with Gasteiger partial charge in [0.15, 0.2) is 23.1 Å². The van der Waals surface area contributed by atoms with Gasteiger partial charge >= 0.3 is 5.97 Å². The van der Waals surface area contributed by atoms with Gasteiger partial charge in [-0.3, -0.25) is 0 Å². The molecule has 2 aromatic rings.